The van der Waals surface area contributed by atoms with Crippen LogP contribution in [0.5, 0.6) is 0 Å². The van der Waals surface area contributed by atoms with Gasteiger partial charge < -0.3 is 11.5 Å². The zero-order chi connectivity index (χ0) is 18.5. The third kappa shape index (κ3) is 5.41. The molecule has 7 nitrogen and oxygen atoms in total. The number of carbonyl (C=O) groups excluding carboxylic acids is 1. The van der Waals surface area contributed by atoms with Crippen LogP contribution in [0.1, 0.15) is 42.1 Å². The fourth-order valence-corrected chi connectivity index (χ4v) is 4.90. The van der Waals surface area contributed by atoms with Crippen molar-refractivity contribution in [3.8, 4) is 0 Å². The number of carbonyl (C=O) groups is 1. The summed E-state index contributed by atoms with van der Waals surface area (Å²) in [4.78, 5) is 15.5. The van der Waals surface area contributed by atoms with Crippen LogP contribution in [0.15, 0.2) is 26.9 Å². The molecule has 1 unspecified atom stereocenters. The lowest BCUT2D eigenvalue weighted by Gasteiger charge is -2.12. The van der Waals surface area contributed by atoms with Crippen molar-refractivity contribution in [2.45, 2.75) is 42.9 Å². The Morgan fingerprint density at radius 3 is 2.38 bits per heavy atom. The minimum atomic E-state index is -3.67. The molecule has 0 bridgehead atoms. The molecule has 0 aromatic heterocycles. The maximum atomic E-state index is 12.5. The molecule has 0 aliphatic heterocycles. The van der Waals surface area contributed by atoms with E-state index in [1.54, 1.807) is 6.92 Å². The zero-order valence-corrected chi connectivity index (χ0v) is 15.7. The van der Waals surface area contributed by atoms with Gasteiger partial charge in [-0.3, -0.25) is 9.00 Å². The number of hydrogen-bond donors (Lipinski definition) is 2. The number of benzene rings is 1. The highest BCUT2D eigenvalue weighted by Crippen LogP contribution is 2.25. The Kier molecular flexibility index (Phi) is 7.09. The topological polar surface area (TPSA) is 133 Å². The predicted molar refractivity (Wildman–Crippen MR) is 95.2 cm³/mol. The number of nitrogens with zero attached hydrogens (tertiary/aromatic N) is 1. The summed E-state index contributed by atoms with van der Waals surface area (Å²) in [5, 5.41) is 0. The van der Waals surface area contributed by atoms with Crippen LogP contribution < -0.4 is 11.5 Å². The molecule has 0 spiro atoms. The Bertz CT molecular complexity index is 782. The number of guanidine groups is 1. The van der Waals surface area contributed by atoms with E-state index >= 15 is 0 Å². The summed E-state index contributed by atoms with van der Waals surface area (Å²) in [6.07, 6.45) is 3.64. The first-order chi connectivity index (χ1) is 11.1. The van der Waals surface area contributed by atoms with Crippen molar-refractivity contribution in [3.05, 3.63) is 23.3 Å². The molecule has 0 saturated carbocycles. The first kappa shape index (κ1) is 20.3. The average molecular weight is 374 g/mol. The average Bonchev–Trinajstić information content (AvgIpc) is 2.44. The molecule has 1 atom stereocenters. The van der Waals surface area contributed by atoms with Crippen LogP contribution in [0.25, 0.3) is 0 Å². The zero-order valence-electron chi connectivity index (χ0n) is 14.0. The third-order valence-electron chi connectivity index (χ3n) is 3.33. The molecular weight excluding hydrogens is 350 g/mol. The monoisotopic (exact) mass is 373 g/mol. The molecule has 0 saturated heterocycles. The number of amides is 1. The second kappa shape index (κ2) is 8.39. The standard InChI is InChI=1S/C15H23N3O4S2/c1-4-5-6-7-23(20)12-8-10(2)11(14(19)18-15(16)17)9-13(12)24(3,21)22/h8-9H,4-7H2,1-3H3,(H4,16,17,18,19). The Morgan fingerprint density at radius 2 is 1.88 bits per heavy atom. The second-order valence-corrected chi connectivity index (χ2v) is 9.01. The van der Waals surface area contributed by atoms with E-state index in [0.29, 0.717) is 11.3 Å². The molecule has 9 heteroatoms. The third-order valence-corrected chi connectivity index (χ3v) is 6.08. The van der Waals surface area contributed by atoms with E-state index in [1.165, 1.54) is 12.1 Å². The Labute approximate surface area is 144 Å². The summed E-state index contributed by atoms with van der Waals surface area (Å²) in [6, 6.07) is 2.67. The van der Waals surface area contributed by atoms with E-state index in [1.807, 2.05) is 6.92 Å². The number of aryl methyl sites for hydroxylation is 1. The smallest absolute Gasteiger partial charge is 0.280 e. The summed E-state index contributed by atoms with van der Waals surface area (Å²) in [5.74, 6) is -0.773. The highest BCUT2D eigenvalue weighted by molar-refractivity contribution is 7.92. The van der Waals surface area contributed by atoms with Crippen LogP contribution in [0.4, 0.5) is 0 Å². The summed E-state index contributed by atoms with van der Waals surface area (Å²) in [7, 11) is -5.13. The molecule has 0 aliphatic carbocycles. The normalized spacial score (nSPS) is 12.6. The molecular formula is C15H23N3O4S2. The first-order valence-electron chi connectivity index (χ1n) is 7.45. The summed E-state index contributed by atoms with van der Waals surface area (Å²) in [6.45, 7) is 3.65. The maximum Gasteiger partial charge on any atom is 0.280 e. The minimum absolute atomic E-state index is 0.0677. The number of nitrogens with two attached hydrogens (primary N) is 2. The molecule has 1 rings (SSSR count). The largest absolute Gasteiger partial charge is 0.370 e. The van der Waals surface area contributed by atoms with E-state index in [2.05, 4.69) is 4.99 Å². The summed E-state index contributed by atoms with van der Waals surface area (Å²) >= 11 is 0. The number of sulfone groups is 1. The van der Waals surface area contributed by atoms with Gasteiger partial charge in [-0.15, -0.1) is 0 Å². The van der Waals surface area contributed by atoms with E-state index in [0.717, 1.165) is 25.5 Å². The highest BCUT2D eigenvalue weighted by atomic mass is 32.2. The maximum absolute atomic E-state index is 12.5. The van der Waals surface area contributed by atoms with Crippen molar-refractivity contribution in [2.24, 2.45) is 16.5 Å². The quantitative estimate of drug-likeness (QED) is 0.418. The second-order valence-electron chi connectivity index (χ2n) is 5.48. The predicted octanol–water partition coefficient (Wildman–Crippen LogP) is 1.11. The molecule has 134 valence electrons. The molecule has 0 radical (unpaired) electrons. The van der Waals surface area contributed by atoms with Crippen LogP contribution in [0, 0.1) is 6.92 Å². The van der Waals surface area contributed by atoms with Crippen molar-refractivity contribution in [1.29, 1.82) is 0 Å². The van der Waals surface area contributed by atoms with Gasteiger partial charge in [0.1, 0.15) is 0 Å². The molecule has 1 aromatic carbocycles. The Balaban J connectivity index is 3.41. The summed E-state index contributed by atoms with van der Waals surface area (Å²) < 4.78 is 36.6. The fourth-order valence-electron chi connectivity index (χ4n) is 2.13. The van der Waals surface area contributed by atoms with E-state index in [4.69, 9.17) is 11.5 Å². The van der Waals surface area contributed by atoms with Crippen molar-refractivity contribution >= 4 is 32.5 Å². The molecule has 24 heavy (non-hydrogen) atoms. The molecule has 4 N–H and O–H groups in total. The lowest BCUT2D eigenvalue weighted by atomic mass is 10.1. The lowest BCUT2D eigenvalue weighted by molar-refractivity contribution is 0.100. The van der Waals surface area contributed by atoms with Crippen LogP contribution in [-0.4, -0.2) is 36.5 Å². The van der Waals surface area contributed by atoms with Gasteiger partial charge >= 0.3 is 0 Å². The number of unbranched alkanes of at least 4 members (excludes halogenated alkanes) is 2. The van der Waals surface area contributed by atoms with Gasteiger partial charge in [-0.05, 0) is 31.0 Å². The first-order valence-corrected chi connectivity index (χ1v) is 10.7. The van der Waals surface area contributed by atoms with Gasteiger partial charge in [0, 0.05) is 17.6 Å². The van der Waals surface area contributed by atoms with E-state index < -0.39 is 32.5 Å². The highest BCUT2D eigenvalue weighted by Gasteiger charge is 2.22. The van der Waals surface area contributed by atoms with Gasteiger partial charge in [0.2, 0.25) is 0 Å². The Morgan fingerprint density at radius 1 is 1.25 bits per heavy atom. The van der Waals surface area contributed by atoms with Gasteiger partial charge in [-0.25, -0.2) is 8.42 Å². The van der Waals surface area contributed by atoms with Crippen LogP contribution >= 0.6 is 0 Å². The SMILES string of the molecule is CCCCCS(=O)c1cc(C)c(C(=O)N=C(N)N)cc1S(C)(=O)=O. The Hall–Kier alpha value is -1.74. The van der Waals surface area contributed by atoms with Gasteiger partial charge in [0.05, 0.1) is 20.6 Å². The van der Waals surface area contributed by atoms with Gasteiger partial charge in [0.25, 0.3) is 5.91 Å². The molecule has 1 amide bonds. The van der Waals surface area contributed by atoms with Crippen molar-refractivity contribution in [2.75, 3.05) is 12.0 Å². The lowest BCUT2D eigenvalue weighted by Crippen LogP contribution is -2.24. The number of hydrogen-bond acceptors (Lipinski definition) is 4. The van der Waals surface area contributed by atoms with Crippen LogP contribution in [0.3, 0.4) is 0 Å². The fraction of sp³-hybridized carbons (Fsp3) is 0.467. The molecule has 0 fully saturated rings. The van der Waals surface area contributed by atoms with E-state index in [9.17, 15) is 17.4 Å². The molecule has 0 aliphatic rings. The van der Waals surface area contributed by atoms with Gasteiger partial charge in [0.15, 0.2) is 15.8 Å². The molecule has 0 heterocycles. The summed E-state index contributed by atoms with van der Waals surface area (Å²) in [5.41, 5.74) is 10.9. The van der Waals surface area contributed by atoms with Gasteiger partial charge in [-0.1, -0.05) is 19.8 Å². The van der Waals surface area contributed by atoms with Crippen molar-refractivity contribution < 1.29 is 17.4 Å². The molecule has 1 aromatic rings. The van der Waals surface area contributed by atoms with Crippen molar-refractivity contribution in [3.63, 3.8) is 0 Å². The van der Waals surface area contributed by atoms with E-state index in [-0.39, 0.29) is 15.4 Å². The number of rotatable bonds is 7. The van der Waals surface area contributed by atoms with Crippen LogP contribution in [0.2, 0.25) is 0 Å². The number of aliphatic imine (C=N–C) groups is 1. The van der Waals surface area contributed by atoms with Crippen LogP contribution in [-0.2, 0) is 20.6 Å². The van der Waals surface area contributed by atoms with Gasteiger partial charge in [-0.2, -0.15) is 4.99 Å². The minimum Gasteiger partial charge on any atom is -0.370 e. The van der Waals surface area contributed by atoms with Crippen molar-refractivity contribution in [1.82, 2.24) is 0 Å².